The highest BCUT2D eigenvalue weighted by atomic mass is 16.1. The van der Waals surface area contributed by atoms with Crippen LogP contribution >= 0.6 is 0 Å². The van der Waals surface area contributed by atoms with Crippen LogP contribution in [-0.4, -0.2) is 34.9 Å². The molecule has 2 unspecified atom stereocenters. The molecule has 4 atom stereocenters. The topological polar surface area (TPSA) is 85.9 Å². The van der Waals surface area contributed by atoms with Crippen molar-refractivity contribution in [2.45, 2.75) is 44.1 Å². The Morgan fingerprint density at radius 3 is 2.96 bits per heavy atom. The number of benzene rings is 1. The van der Waals surface area contributed by atoms with E-state index in [0.29, 0.717) is 24.3 Å². The van der Waals surface area contributed by atoms with Crippen molar-refractivity contribution in [3.05, 3.63) is 35.5 Å². The predicted octanol–water partition coefficient (Wildman–Crippen LogP) is 2.92. The molecule has 5 rings (SSSR count). The normalized spacial score (nSPS) is 28.5. The highest BCUT2D eigenvalue weighted by Gasteiger charge is 2.42. The fourth-order valence-corrected chi connectivity index (χ4v) is 5.48. The van der Waals surface area contributed by atoms with E-state index in [1.807, 2.05) is 0 Å². The first-order chi connectivity index (χ1) is 13.1. The van der Waals surface area contributed by atoms with E-state index in [4.69, 9.17) is 5.73 Å². The molecule has 0 bridgehead atoms. The van der Waals surface area contributed by atoms with Crippen molar-refractivity contribution in [2.75, 3.05) is 13.1 Å². The van der Waals surface area contributed by atoms with Crippen molar-refractivity contribution in [1.29, 1.82) is 5.26 Å². The first kappa shape index (κ1) is 16.8. The zero-order valence-corrected chi connectivity index (χ0v) is 15.5. The number of nitriles is 1. The number of nitrogens with zero attached hydrogens (tertiary/aromatic N) is 2. The number of aromatic amines is 1. The number of H-pyrrole nitrogens is 1. The molecule has 1 aromatic carbocycles. The molecule has 0 radical (unpaired) electrons. The van der Waals surface area contributed by atoms with Gasteiger partial charge in [0.15, 0.2) is 0 Å². The van der Waals surface area contributed by atoms with Gasteiger partial charge < -0.3 is 10.7 Å². The second-order valence-corrected chi connectivity index (χ2v) is 8.78. The molecule has 27 heavy (non-hydrogen) atoms. The van der Waals surface area contributed by atoms with Gasteiger partial charge in [-0.25, -0.2) is 0 Å². The van der Waals surface area contributed by atoms with Crippen molar-refractivity contribution in [3.63, 3.8) is 0 Å². The lowest BCUT2D eigenvalue weighted by Crippen LogP contribution is -2.51. The second kappa shape index (κ2) is 6.38. The van der Waals surface area contributed by atoms with E-state index in [9.17, 15) is 10.1 Å². The van der Waals surface area contributed by atoms with E-state index in [0.717, 1.165) is 31.8 Å². The highest BCUT2D eigenvalue weighted by molar-refractivity contribution is 5.88. The van der Waals surface area contributed by atoms with E-state index in [1.165, 1.54) is 34.9 Å². The number of nitrogens with two attached hydrogens (primary N) is 1. The Labute approximate surface area is 159 Å². The zero-order chi connectivity index (χ0) is 18.5. The number of primary amides is 1. The number of hydrogen-bond acceptors (Lipinski definition) is 3. The minimum absolute atomic E-state index is 0.345. The first-order valence-corrected chi connectivity index (χ1v) is 10.2. The molecule has 1 saturated carbocycles. The van der Waals surface area contributed by atoms with E-state index in [2.05, 4.69) is 40.3 Å². The lowest BCUT2D eigenvalue weighted by molar-refractivity contribution is -0.120. The van der Waals surface area contributed by atoms with Crippen molar-refractivity contribution < 1.29 is 4.79 Å². The van der Waals surface area contributed by atoms with Gasteiger partial charge in [0.05, 0.1) is 6.07 Å². The van der Waals surface area contributed by atoms with Gasteiger partial charge in [0.25, 0.3) is 0 Å². The third-order valence-electron chi connectivity index (χ3n) is 6.92. The molecular formula is C22H26N4O. The van der Waals surface area contributed by atoms with Crippen molar-refractivity contribution in [3.8, 4) is 6.07 Å². The first-order valence-electron chi connectivity index (χ1n) is 10.2. The fraction of sp³-hybridized carbons (Fsp3) is 0.545. The van der Waals surface area contributed by atoms with Crippen LogP contribution in [0, 0.1) is 29.1 Å². The number of piperidine rings is 1. The maximum Gasteiger partial charge on any atom is 0.234 e. The van der Waals surface area contributed by atoms with Crippen LogP contribution in [0.25, 0.3) is 10.9 Å². The average molecular weight is 362 g/mol. The van der Waals surface area contributed by atoms with Gasteiger partial charge in [0.1, 0.15) is 5.92 Å². The Kier molecular flexibility index (Phi) is 3.98. The molecule has 0 spiro atoms. The molecule has 2 heterocycles. The molecule has 1 saturated heterocycles. The molecule has 1 aliphatic heterocycles. The number of fused-ring (bicyclic) bond motifs is 2. The minimum atomic E-state index is -0.670. The van der Waals surface area contributed by atoms with Crippen LogP contribution in [0.1, 0.15) is 42.7 Å². The molecule has 2 aromatic rings. The summed E-state index contributed by atoms with van der Waals surface area (Å²) in [5.41, 5.74) is 9.56. The number of carbonyl (C=O) groups is 1. The molecule has 1 amide bonds. The summed E-state index contributed by atoms with van der Waals surface area (Å²) in [7, 11) is 0. The van der Waals surface area contributed by atoms with Crippen LogP contribution in [0.2, 0.25) is 0 Å². The summed E-state index contributed by atoms with van der Waals surface area (Å²) in [6.07, 6.45) is 7.59. The lowest BCUT2D eigenvalue weighted by atomic mass is 9.70. The number of aromatic nitrogens is 1. The Morgan fingerprint density at radius 1 is 1.37 bits per heavy atom. The number of likely N-dealkylation sites (tertiary alicyclic amines) is 1. The standard InChI is InChI=1S/C22H26N4O/c23-9-15(22(24)27)6-14-7-18-17-2-1-3-19-21(17)16(10-25-19)8-20(18)26(12-14)11-13-4-5-13/h1-3,10,13-15,18,20,25H,4-8,11-12H2,(H2,24,27)/t14?,15?,18-,20-/m1/s1. The van der Waals surface area contributed by atoms with Gasteiger partial charge in [-0.3, -0.25) is 9.69 Å². The van der Waals surface area contributed by atoms with Gasteiger partial charge in [-0.05, 0) is 61.1 Å². The van der Waals surface area contributed by atoms with E-state index < -0.39 is 11.8 Å². The largest absolute Gasteiger partial charge is 0.369 e. The predicted molar refractivity (Wildman–Crippen MR) is 104 cm³/mol. The summed E-state index contributed by atoms with van der Waals surface area (Å²) in [4.78, 5) is 17.7. The summed E-state index contributed by atoms with van der Waals surface area (Å²) in [5.74, 6) is 0.499. The van der Waals surface area contributed by atoms with Gasteiger partial charge in [0.2, 0.25) is 5.91 Å². The van der Waals surface area contributed by atoms with Crippen molar-refractivity contribution in [1.82, 2.24) is 9.88 Å². The number of amides is 1. The van der Waals surface area contributed by atoms with Gasteiger partial charge in [-0.15, -0.1) is 0 Å². The third kappa shape index (κ3) is 2.93. The summed E-state index contributed by atoms with van der Waals surface area (Å²) in [6.45, 7) is 2.14. The van der Waals surface area contributed by atoms with Crippen molar-refractivity contribution >= 4 is 16.8 Å². The van der Waals surface area contributed by atoms with Crippen LogP contribution in [0.15, 0.2) is 24.4 Å². The average Bonchev–Trinajstić information content (AvgIpc) is 3.39. The second-order valence-electron chi connectivity index (χ2n) is 8.78. The van der Waals surface area contributed by atoms with Crippen LogP contribution in [0.3, 0.4) is 0 Å². The summed E-state index contributed by atoms with van der Waals surface area (Å²) in [6, 6.07) is 9.24. The third-order valence-corrected chi connectivity index (χ3v) is 6.92. The Bertz CT molecular complexity index is 922. The summed E-state index contributed by atoms with van der Waals surface area (Å²) in [5, 5.41) is 10.7. The highest BCUT2D eigenvalue weighted by Crippen LogP contribution is 2.46. The Balaban J connectivity index is 1.49. The quantitative estimate of drug-likeness (QED) is 0.857. The zero-order valence-electron chi connectivity index (χ0n) is 15.5. The van der Waals surface area contributed by atoms with Gasteiger partial charge in [-0.1, -0.05) is 12.1 Å². The van der Waals surface area contributed by atoms with Crippen LogP contribution in [0.4, 0.5) is 0 Å². The van der Waals surface area contributed by atoms with E-state index in [-0.39, 0.29) is 0 Å². The molecular weight excluding hydrogens is 336 g/mol. The number of carbonyl (C=O) groups excluding carboxylic acids is 1. The van der Waals surface area contributed by atoms with E-state index >= 15 is 0 Å². The molecule has 2 fully saturated rings. The minimum Gasteiger partial charge on any atom is -0.369 e. The molecule has 3 aliphatic rings. The maximum absolute atomic E-state index is 11.6. The van der Waals surface area contributed by atoms with Gasteiger partial charge >= 0.3 is 0 Å². The SMILES string of the molecule is N#CC(CC1C[C@@H]2c3cccc4[nH]cc(c34)C[C@H]2N(CC2CC2)C1)C(N)=O. The maximum atomic E-state index is 11.6. The number of nitrogens with one attached hydrogen (secondary N) is 1. The Morgan fingerprint density at radius 2 is 2.22 bits per heavy atom. The summed E-state index contributed by atoms with van der Waals surface area (Å²) < 4.78 is 0. The molecule has 3 N–H and O–H groups in total. The van der Waals surface area contributed by atoms with Crippen LogP contribution in [-0.2, 0) is 11.2 Å². The molecule has 5 nitrogen and oxygen atoms in total. The molecule has 5 heteroatoms. The van der Waals surface area contributed by atoms with Gasteiger partial charge in [-0.2, -0.15) is 5.26 Å². The molecule has 2 aliphatic carbocycles. The van der Waals surface area contributed by atoms with Crippen LogP contribution < -0.4 is 5.73 Å². The monoisotopic (exact) mass is 362 g/mol. The van der Waals surface area contributed by atoms with Crippen LogP contribution in [0.5, 0.6) is 0 Å². The number of rotatable bonds is 5. The number of hydrogen-bond donors (Lipinski definition) is 2. The smallest absolute Gasteiger partial charge is 0.234 e. The van der Waals surface area contributed by atoms with Crippen molar-refractivity contribution in [2.24, 2.45) is 23.5 Å². The molecule has 1 aromatic heterocycles. The molecule has 140 valence electrons. The fourth-order valence-electron chi connectivity index (χ4n) is 5.48. The summed E-state index contributed by atoms with van der Waals surface area (Å²) >= 11 is 0. The lowest BCUT2D eigenvalue weighted by Gasteiger charge is -2.47. The van der Waals surface area contributed by atoms with E-state index in [1.54, 1.807) is 0 Å². The van der Waals surface area contributed by atoms with Gasteiger partial charge in [0, 0.05) is 42.1 Å². The Hall–Kier alpha value is -2.32.